The molecule has 0 aliphatic rings. The Hall–Kier alpha value is -3.36. The molecule has 0 saturated carbocycles. The summed E-state index contributed by atoms with van der Waals surface area (Å²) >= 11 is 0. The molecule has 9 heteroatoms. The highest BCUT2D eigenvalue weighted by atomic mass is 16.5. The third-order valence-corrected chi connectivity index (χ3v) is 4.79. The first-order valence-electron chi connectivity index (χ1n) is 10.3. The van der Waals surface area contributed by atoms with Crippen molar-refractivity contribution in [3.8, 4) is 5.75 Å². The zero-order chi connectivity index (χ0) is 22.8. The molecule has 1 heterocycles. The third kappa shape index (κ3) is 7.44. The third-order valence-electron chi connectivity index (χ3n) is 4.79. The Morgan fingerprint density at radius 1 is 1.06 bits per heavy atom. The average Bonchev–Trinajstić information content (AvgIpc) is 2.73. The molecule has 0 bridgehead atoms. The molecule has 0 aliphatic heterocycles. The first-order chi connectivity index (χ1) is 14.8. The molecule has 1 aromatic carbocycles. The van der Waals surface area contributed by atoms with Gasteiger partial charge in [-0.15, -0.1) is 0 Å². The lowest BCUT2D eigenvalue weighted by Crippen LogP contribution is -2.40. The van der Waals surface area contributed by atoms with Crippen molar-refractivity contribution in [2.75, 3.05) is 19.7 Å². The van der Waals surface area contributed by atoms with Gasteiger partial charge >= 0.3 is 11.6 Å². The van der Waals surface area contributed by atoms with E-state index < -0.39 is 24.3 Å². The number of benzene rings is 1. The standard InChI is InChI=1S/C22H28N2O7/c1-3-4-5-6-7-17-14(2)16-9-8-15(10-18(16)31-22(17)29)30-13-20(26)23-11-19(25)24-12-21(27)28/h8-10H,3-7,11-13H2,1-2H3,(H,23,26)(H,24,25)(H,27,28). The number of hydrogen-bond donors (Lipinski definition) is 3. The van der Waals surface area contributed by atoms with Gasteiger partial charge in [-0.2, -0.15) is 0 Å². The van der Waals surface area contributed by atoms with Crippen molar-refractivity contribution in [2.24, 2.45) is 0 Å². The van der Waals surface area contributed by atoms with Gasteiger partial charge in [0.25, 0.3) is 5.91 Å². The SMILES string of the molecule is CCCCCCc1c(C)c2ccc(OCC(=O)NCC(=O)NCC(=O)O)cc2oc1=O. The van der Waals surface area contributed by atoms with Crippen molar-refractivity contribution in [3.05, 3.63) is 39.7 Å². The molecular weight excluding hydrogens is 404 g/mol. The lowest BCUT2D eigenvalue weighted by atomic mass is 10.0. The molecule has 0 fully saturated rings. The van der Waals surface area contributed by atoms with E-state index in [4.69, 9.17) is 14.3 Å². The second-order valence-corrected chi connectivity index (χ2v) is 7.20. The summed E-state index contributed by atoms with van der Waals surface area (Å²) < 4.78 is 10.9. The largest absolute Gasteiger partial charge is 0.484 e. The number of aliphatic carboxylic acids is 1. The maximum Gasteiger partial charge on any atom is 0.339 e. The molecule has 0 aliphatic carbocycles. The Morgan fingerprint density at radius 2 is 1.81 bits per heavy atom. The van der Waals surface area contributed by atoms with Gasteiger partial charge in [0.05, 0.1) is 6.54 Å². The number of fused-ring (bicyclic) bond motifs is 1. The molecule has 0 radical (unpaired) electrons. The predicted molar refractivity (Wildman–Crippen MR) is 114 cm³/mol. The Bertz CT molecular complexity index is 997. The Labute approximate surface area is 179 Å². The summed E-state index contributed by atoms with van der Waals surface area (Å²) in [6, 6.07) is 5.02. The van der Waals surface area contributed by atoms with Gasteiger partial charge in [0, 0.05) is 17.0 Å². The summed E-state index contributed by atoms with van der Waals surface area (Å²) in [5.74, 6) is -2.00. The maximum absolute atomic E-state index is 12.4. The molecule has 0 atom stereocenters. The number of ether oxygens (including phenoxy) is 1. The number of carbonyl (C=O) groups is 3. The quantitative estimate of drug-likeness (QED) is 0.344. The van der Waals surface area contributed by atoms with E-state index in [-0.39, 0.29) is 18.8 Å². The van der Waals surface area contributed by atoms with Gasteiger partial charge in [-0.1, -0.05) is 26.2 Å². The number of carboxylic acid groups (broad SMARTS) is 1. The summed E-state index contributed by atoms with van der Waals surface area (Å²) in [5.41, 5.74) is 1.60. The molecule has 9 nitrogen and oxygen atoms in total. The fourth-order valence-electron chi connectivity index (χ4n) is 3.10. The lowest BCUT2D eigenvalue weighted by molar-refractivity contribution is -0.137. The fraction of sp³-hybridized carbons (Fsp3) is 0.455. The number of nitrogens with one attached hydrogen (secondary N) is 2. The lowest BCUT2D eigenvalue weighted by Gasteiger charge is -2.10. The van der Waals surface area contributed by atoms with Crippen LogP contribution in [0.3, 0.4) is 0 Å². The first kappa shape index (κ1) is 23.9. The van der Waals surface area contributed by atoms with Gasteiger partial charge < -0.3 is 24.9 Å². The Morgan fingerprint density at radius 3 is 2.52 bits per heavy atom. The highest BCUT2D eigenvalue weighted by Crippen LogP contribution is 2.25. The van der Waals surface area contributed by atoms with Crippen LogP contribution in [-0.4, -0.2) is 42.6 Å². The van der Waals surface area contributed by atoms with Gasteiger partial charge in [0.15, 0.2) is 6.61 Å². The molecule has 31 heavy (non-hydrogen) atoms. The van der Waals surface area contributed by atoms with Crippen LogP contribution in [0.1, 0.15) is 43.7 Å². The number of hydrogen-bond acceptors (Lipinski definition) is 6. The molecule has 2 aromatic rings. The summed E-state index contributed by atoms with van der Waals surface area (Å²) in [5, 5.41) is 13.8. The number of carboxylic acids is 1. The van der Waals surface area contributed by atoms with E-state index in [1.165, 1.54) is 0 Å². The number of amides is 2. The smallest absolute Gasteiger partial charge is 0.339 e. The van der Waals surface area contributed by atoms with Crippen LogP contribution in [0.15, 0.2) is 27.4 Å². The second-order valence-electron chi connectivity index (χ2n) is 7.20. The van der Waals surface area contributed by atoms with E-state index in [9.17, 15) is 19.2 Å². The molecule has 2 amide bonds. The molecule has 0 spiro atoms. The average molecular weight is 432 g/mol. The van der Waals surface area contributed by atoms with Gasteiger partial charge in [0.2, 0.25) is 5.91 Å². The molecule has 3 N–H and O–H groups in total. The molecule has 168 valence electrons. The van der Waals surface area contributed by atoms with Crippen LogP contribution in [0.25, 0.3) is 11.0 Å². The minimum absolute atomic E-state index is 0.344. The van der Waals surface area contributed by atoms with Crippen LogP contribution in [-0.2, 0) is 20.8 Å². The van der Waals surface area contributed by atoms with E-state index in [0.717, 1.165) is 36.6 Å². The number of aryl methyl sites for hydroxylation is 1. The number of rotatable bonds is 12. The minimum Gasteiger partial charge on any atom is -0.484 e. The highest BCUT2D eigenvalue weighted by Gasteiger charge is 2.13. The van der Waals surface area contributed by atoms with E-state index in [2.05, 4.69) is 17.6 Å². The molecule has 1 aromatic heterocycles. The van der Waals surface area contributed by atoms with E-state index >= 15 is 0 Å². The van der Waals surface area contributed by atoms with Crippen molar-refractivity contribution >= 4 is 28.8 Å². The maximum atomic E-state index is 12.4. The van der Waals surface area contributed by atoms with Crippen LogP contribution >= 0.6 is 0 Å². The summed E-state index contributed by atoms with van der Waals surface area (Å²) in [6.07, 6.45) is 4.96. The molecular formula is C22H28N2O7. The highest BCUT2D eigenvalue weighted by molar-refractivity contribution is 5.87. The van der Waals surface area contributed by atoms with E-state index in [0.29, 0.717) is 23.3 Å². The predicted octanol–water partition coefficient (Wildman–Crippen LogP) is 1.92. The van der Waals surface area contributed by atoms with Crippen molar-refractivity contribution in [3.63, 3.8) is 0 Å². The van der Waals surface area contributed by atoms with Gasteiger partial charge in [-0.25, -0.2) is 4.79 Å². The normalized spacial score (nSPS) is 10.6. The van der Waals surface area contributed by atoms with Crippen molar-refractivity contribution in [1.29, 1.82) is 0 Å². The first-order valence-corrected chi connectivity index (χ1v) is 10.3. The number of unbranched alkanes of at least 4 members (excludes halogenated alkanes) is 3. The van der Waals surface area contributed by atoms with Gasteiger partial charge in [-0.3, -0.25) is 14.4 Å². The van der Waals surface area contributed by atoms with Crippen LogP contribution in [0.5, 0.6) is 5.75 Å². The van der Waals surface area contributed by atoms with Crippen molar-refractivity contribution < 1.29 is 28.6 Å². The van der Waals surface area contributed by atoms with Crippen molar-refractivity contribution in [2.45, 2.75) is 46.0 Å². The van der Waals surface area contributed by atoms with E-state index in [1.54, 1.807) is 18.2 Å². The van der Waals surface area contributed by atoms with Gasteiger partial charge in [-0.05, 0) is 37.5 Å². The Balaban J connectivity index is 1.95. The van der Waals surface area contributed by atoms with E-state index in [1.807, 2.05) is 6.92 Å². The summed E-state index contributed by atoms with van der Waals surface area (Å²) in [7, 11) is 0. The van der Waals surface area contributed by atoms with Crippen LogP contribution in [0.4, 0.5) is 0 Å². The zero-order valence-corrected chi connectivity index (χ0v) is 17.8. The summed E-state index contributed by atoms with van der Waals surface area (Å²) in [6.45, 7) is 2.81. The molecule has 0 saturated heterocycles. The van der Waals surface area contributed by atoms with Crippen LogP contribution in [0.2, 0.25) is 0 Å². The number of carbonyl (C=O) groups excluding carboxylic acids is 2. The zero-order valence-electron chi connectivity index (χ0n) is 17.8. The van der Waals surface area contributed by atoms with Gasteiger partial charge in [0.1, 0.15) is 17.9 Å². The monoisotopic (exact) mass is 432 g/mol. The summed E-state index contributed by atoms with van der Waals surface area (Å²) in [4.78, 5) is 46.0. The van der Waals surface area contributed by atoms with Crippen LogP contribution < -0.4 is 21.0 Å². The minimum atomic E-state index is -1.18. The Kier molecular flexibility index (Phi) is 9.05. The fourth-order valence-corrected chi connectivity index (χ4v) is 3.10. The van der Waals surface area contributed by atoms with Crippen LogP contribution in [0, 0.1) is 6.92 Å². The molecule has 0 unspecified atom stereocenters. The topological polar surface area (TPSA) is 135 Å². The van der Waals surface area contributed by atoms with Crippen molar-refractivity contribution in [1.82, 2.24) is 10.6 Å². The second kappa shape index (κ2) is 11.7. The molecule has 2 rings (SSSR count).